The second-order valence-electron chi connectivity index (χ2n) is 4.63. The Morgan fingerprint density at radius 3 is 2.95 bits per heavy atom. The Morgan fingerprint density at radius 1 is 1.40 bits per heavy atom. The van der Waals surface area contributed by atoms with E-state index >= 15 is 0 Å². The minimum absolute atomic E-state index is 0.0704. The Balaban J connectivity index is 1.98. The van der Waals surface area contributed by atoms with Gasteiger partial charge in [-0.2, -0.15) is 4.31 Å². The van der Waals surface area contributed by atoms with Crippen molar-refractivity contribution in [2.75, 3.05) is 6.54 Å². The first-order chi connectivity index (χ1) is 9.59. The molecular formula is C13H13ClN2O2S2. The highest BCUT2D eigenvalue weighted by Gasteiger charge is 2.36. The highest BCUT2D eigenvalue weighted by molar-refractivity contribution is 7.89. The number of pyridine rings is 1. The average Bonchev–Trinajstić information content (AvgIpc) is 3.09. The maximum Gasteiger partial charge on any atom is 0.245 e. The molecule has 0 aliphatic carbocycles. The van der Waals surface area contributed by atoms with Gasteiger partial charge in [-0.15, -0.1) is 11.3 Å². The first-order valence-corrected chi connectivity index (χ1v) is 8.94. The summed E-state index contributed by atoms with van der Waals surface area (Å²) in [6, 6.07) is 5.32. The van der Waals surface area contributed by atoms with Gasteiger partial charge in [0.05, 0.1) is 11.1 Å². The fourth-order valence-electron chi connectivity index (χ4n) is 2.46. The van der Waals surface area contributed by atoms with E-state index in [4.69, 9.17) is 11.6 Å². The zero-order valence-corrected chi connectivity index (χ0v) is 13.0. The molecule has 3 rings (SSSR count). The average molecular weight is 329 g/mol. The molecule has 0 aromatic carbocycles. The number of hydrogen-bond donors (Lipinski definition) is 0. The fourth-order valence-corrected chi connectivity index (χ4v) is 5.30. The zero-order valence-electron chi connectivity index (χ0n) is 10.6. The molecule has 4 nitrogen and oxygen atoms in total. The molecule has 1 aliphatic rings. The highest BCUT2D eigenvalue weighted by Crippen LogP contribution is 2.38. The largest absolute Gasteiger partial charge is 0.262 e. The highest BCUT2D eigenvalue weighted by atomic mass is 35.5. The van der Waals surface area contributed by atoms with Gasteiger partial charge in [0.15, 0.2) is 0 Å². The van der Waals surface area contributed by atoms with Gasteiger partial charge in [0.25, 0.3) is 0 Å². The topological polar surface area (TPSA) is 50.3 Å². The number of hydrogen-bond acceptors (Lipinski definition) is 4. The van der Waals surface area contributed by atoms with Crippen LogP contribution in [0.2, 0.25) is 5.02 Å². The van der Waals surface area contributed by atoms with Crippen molar-refractivity contribution in [1.29, 1.82) is 0 Å². The molecule has 0 spiro atoms. The van der Waals surface area contributed by atoms with Crippen molar-refractivity contribution >= 4 is 33.0 Å². The molecule has 2 aromatic rings. The van der Waals surface area contributed by atoms with Crippen molar-refractivity contribution < 1.29 is 8.42 Å². The molecule has 106 valence electrons. The maximum atomic E-state index is 12.7. The Kier molecular flexibility index (Phi) is 3.81. The molecule has 1 aliphatic heterocycles. The molecule has 3 heterocycles. The lowest BCUT2D eigenvalue weighted by atomic mass is 10.2. The third-order valence-electron chi connectivity index (χ3n) is 3.36. The summed E-state index contributed by atoms with van der Waals surface area (Å²) < 4.78 is 27.0. The fraction of sp³-hybridized carbons (Fsp3) is 0.308. The van der Waals surface area contributed by atoms with E-state index in [-0.39, 0.29) is 10.9 Å². The molecule has 20 heavy (non-hydrogen) atoms. The van der Waals surface area contributed by atoms with Gasteiger partial charge in [0, 0.05) is 23.8 Å². The zero-order chi connectivity index (χ0) is 14.2. The molecule has 1 atom stereocenters. The molecule has 7 heteroatoms. The van der Waals surface area contributed by atoms with Crippen molar-refractivity contribution in [1.82, 2.24) is 9.29 Å². The van der Waals surface area contributed by atoms with Gasteiger partial charge in [-0.25, -0.2) is 8.42 Å². The number of rotatable bonds is 3. The van der Waals surface area contributed by atoms with Crippen molar-refractivity contribution in [2.24, 2.45) is 0 Å². The molecule has 1 fully saturated rings. The van der Waals surface area contributed by atoms with E-state index in [0.717, 1.165) is 17.7 Å². The van der Waals surface area contributed by atoms with Crippen LogP contribution in [-0.2, 0) is 10.0 Å². The normalized spacial score (nSPS) is 20.4. The first-order valence-electron chi connectivity index (χ1n) is 6.25. The van der Waals surface area contributed by atoms with Crippen LogP contribution in [0, 0.1) is 0 Å². The summed E-state index contributed by atoms with van der Waals surface area (Å²) in [5.74, 6) is 0. The molecular weight excluding hydrogens is 316 g/mol. The quantitative estimate of drug-likeness (QED) is 0.868. The molecule has 2 aromatic heterocycles. The third-order valence-corrected chi connectivity index (χ3v) is 6.42. The van der Waals surface area contributed by atoms with Gasteiger partial charge in [-0.1, -0.05) is 17.7 Å². The van der Waals surface area contributed by atoms with Crippen molar-refractivity contribution in [3.63, 3.8) is 0 Å². The molecule has 0 radical (unpaired) electrons. The Morgan fingerprint density at radius 2 is 2.25 bits per heavy atom. The van der Waals surface area contributed by atoms with Crippen LogP contribution < -0.4 is 0 Å². The molecule has 0 bridgehead atoms. The smallest absolute Gasteiger partial charge is 0.245 e. The maximum absolute atomic E-state index is 12.7. The van der Waals surface area contributed by atoms with Crippen molar-refractivity contribution in [2.45, 2.75) is 23.8 Å². The summed E-state index contributed by atoms with van der Waals surface area (Å²) in [6.07, 6.45) is 4.51. The minimum Gasteiger partial charge on any atom is -0.262 e. The molecule has 1 saturated heterocycles. The summed E-state index contributed by atoms with van der Waals surface area (Å²) in [7, 11) is -3.54. The number of nitrogens with zero attached hydrogens (tertiary/aromatic N) is 2. The van der Waals surface area contributed by atoms with E-state index in [1.54, 1.807) is 15.6 Å². The lowest BCUT2D eigenvalue weighted by Crippen LogP contribution is -2.30. The van der Waals surface area contributed by atoms with E-state index in [0.29, 0.717) is 11.6 Å². The SMILES string of the molecule is O=S(=O)(c1cncc(Cl)c1)N1CCCC1c1cccs1. The van der Waals surface area contributed by atoms with Gasteiger partial charge in [0.2, 0.25) is 10.0 Å². The van der Waals surface area contributed by atoms with E-state index in [9.17, 15) is 8.42 Å². The molecule has 0 saturated carbocycles. The van der Waals surface area contributed by atoms with Crippen LogP contribution in [-0.4, -0.2) is 24.3 Å². The summed E-state index contributed by atoms with van der Waals surface area (Å²) in [5, 5.41) is 2.30. The summed E-state index contributed by atoms with van der Waals surface area (Å²) in [5.41, 5.74) is 0. The predicted octanol–water partition coefficient (Wildman–Crippen LogP) is 3.32. The lowest BCUT2D eigenvalue weighted by Gasteiger charge is -2.23. The van der Waals surface area contributed by atoms with E-state index in [1.807, 2.05) is 17.5 Å². The van der Waals surface area contributed by atoms with Gasteiger partial charge in [0.1, 0.15) is 4.90 Å². The van der Waals surface area contributed by atoms with Crippen LogP contribution in [0.1, 0.15) is 23.8 Å². The summed E-state index contributed by atoms with van der Waals surface area (Å²) in [6.45, 7) is 0.539. The third kappa shape index (κ3) is 2.48. The Labute approximate surface area is 127 Å². The van der Waals surface area contributed by atoms with Gasteiger partial charge in [-0.05, 0) is 30.4 Å². The van der Waals surface area contributed by atoms with Crippen molar-refractivity contribution in [3.8, 4) is 0 Å². The van der Waals surface area contributed by atoms with Gasteiger partial charge in [-0.3, -0.25) is 4.98 Å². The number of aromatic nitrogens is 1. The van der Waals surface area contributed by atoms with E-state index in [1.165, 1.54) is 18.5 Å². The van der Waals surface area contributed by atoms with Gasteiger partial charge >= 0.3 is 0 Å². The minimum atomic E-state index is -3.54. The van der Waals surface area contributed by atoms with Gasteiger partial charge < -0.3 is 0 Å². The summed E-state index contributed by atoms with van der Waals surface area (Å²) in [4.78, 5) is 5.12. The van der Waals surface area contributed by atoms with Crippen LogP contribution >= 0.6 is 22.9 Å². The van der Waals surface area contributed by atoms with E-state index < -0.39 is 10.0 Å². The second kappa shape index (κ2) is 5.44. The van der Waals surface area contributed by atoms with Crippen LogP contribution in [0.15, 0.2) is 40.9 Å². The molecule has 0 amide bonds. The number of thiophene rings is 1. The second-order valence-corrected chi connectivity index (χ2v) is 7.93. The van der Waals surface area contributed by atoms with E-state index in [2.05, 4.69) is 4.98 Å². The lowest BCUT2D eigenvalue weighted by molar-refractivity contribution is 0.401. The predicted molar refractivity (Wildman–Crippen MR) is 79.4 cm³/mol. The van der Waals surface area contributed by atoms with Crippen LogP contribution in [0.3, 0.4) is 0 Å². The monoisotopic (exact) mass is 328 g/mol. The Bertz CT molecular complexity index is 701. The number of sulfonamides is 1. The van der Waals surface area contributed by atoms with Crippen LogP contribution in [0.25, 0.3) is 0 Å². The van der Waals surface area contributed by atoms with Crippen molar-refractivity contribution in [3.05, 3.63) is 45.9 Å². The Hall–Kier alpha value is -0.950. The number of halogens is 1. The van der Waals surface area contributed by atoms with Crippen LogP contribution in [0.4, 0.5) is 0 Å². The first kappa shape index (κ1) is 14.0. The standard InChI is InChI=1S/C13H13ClN2O2S2/c14-10-7-11(9-15-8-10)20(17,18)16-5-1-3-12(16)13-4-2-6-19-13/h2,4,6-9,12H,1,3,5H2. The van der Waals surface area contributed by atoms with Crippen LogP contribution in [0.5, 0.6) is 0 Å². The molecule has 1 unspecified atom stereocenters. The molecule has 0 N–H and O–H groups in total. The summed E-state index contributed by atoms with van der Waals surface area (Å²) >= 11 is 7.44.